The number of carbonyl (C=O) groups is 1. The van der Waals surface area contributed by atoms with Gasteiger partial charge in [-0.15, -0.1) is 0 Å². The molecule has 24 heavy (non-hydrogen) atoms. The molecule has 0 radical (unpaired) electrons. The number of rotatable bonds is 4. The van der Waals surface area contributed by atoms with Crippen LogP contribution >= 0.6 is 0 Å². The quantitative estimate of drug-likeness (QED) is 0.849. The van der Waals surface area contributed by atoms with E-state index in [1.54, 1.807) is 23.2 Å². The summed E-state index contributed by atoms with van der Waals surface area (Å²) < 4.78 is 2.12. The Balaban J connectivity index is 2.11. The summed E-state index contributed by atoms with van der Waals surface area (Å²) in [6.07, 6.45) is 7.62. The van der Waals surface area contributed by atoms with Crippen LogP contribution in [0.3, 0.4) is 0 Å². The van der Waals surface area contributed by atoms with Crippen molar-refractivity contribution in [3.63, 3.8) is 0 Å². The second kappa shape index (κ2) is 6.58. The van der Waals surface area contributed by atoms with Gasteiger partial charge in [0.2, 0.25) is 5.69 Å². The van der Waals surface area contributed by atoms with E-state index in [4.69, 9.17) is 5.11 Å². The van der Waals surface area contributed by atoms with Crippen LogP contribution in [0.4, 0.5) is 5.69 Å². The highest BCUT2D eigenvalue weighted by Crippen LogP contribution is 2.39. The smallest absolute Gasteiger partial charge is 0.323 e. The summed E-state index contributed by atoms with van der Waals surface area (Å²) in [5.74, 6) is -0.881. The average Bonchev–Trinajstić information content (AvgIpc) is 2.57. The molecule has 0 saturated heterocycles. The zero-order chi connectivity index (χ0) is 17.1. The molecule has 0 fully saturated rings. The Morgan fingerprint density at radius 2 is 2.08 bits per heavy atom. The minimum atomic E-state index is -0.951. The molecule has 2 aromatic rings. The molecule has 3 rings (SSSR count). The summed E-state index contributed by atoms with van der Waals surface area (Å²) in [4.78, 5) is 12.6. The lowest BCUT2D eigenvalue weighted by molar-refractivity contribution is -0.695. The summed E-state index contributed by atoms with van der Waals surface area (Å²) in [6.45, 7) is 2.73. The van der Waals surface area contributed by atoms with Crippen LogP contribution in [-0.4, -0.2) is 22.7 Å². The Kier molecular flexibility index (Phi) is 4.33. The number of aryl methyl sites for hydroxylation is 1. The van der Waals surface area contributed by atoms with Crippen LogP contribution in [0.1, 0.15) is 18.2 Å². The number of phenolic OH excluding ortho intramolecular Hbond substituents is 1. The second-order valence-corrected chi connectivity index (χ2v) is 5.52. The number of carboxylic acids is 1. The number of aromatic hydroxyl groups is 1. The maximum atomic E-state index is 11.1. The molecule has 0 unspecified atom stereocenters. The molecule has 0 bridgehead atoms. The van der Waals surface area contributed by atoms with Crippen molar-refractivity contribution in [2.24, 2.45) is 0 Å². The highest BCUT2D eigenvalue weighted by Gasteiger charge is 2.22. The zero-order valence-corrected chi connectivity index (χ0v) is 13.4. The fourth-order valence-corrected chi connectivity index (χ4v) is 2.87. The van der Waals surface area contributed by atoms with Gasteiger partial charge < -0.3 is 15.1 Å². The predicted octanol–water partition coefficient (Wildman–Crippen LogP) is 2.66. The number of para-hydroxylation sites is 1. The van der Waals surface area contributed by atoms with Crippen molar-refractivity contribution in [2.45, 2.75) is 13.5 Å². The van der Waals surface area contributed by atoms with Crippen molar-refractivity contribution in [1.29, 1.82) is 0 Å². The molecule has 1 aliphatic rings. The molecule has 1 aromatic heterocycles. The van der Waals surface area contributed by atoms with Gasteiger partial charge in [-0.2, -0.15) is 4.57 Å². The summed E-state index contributed by atoms with van der Waals surface area (Å²) in [5, 5.41) is 19.3. The van der Waals surface area contributed by atoms with Crippen molar-refractivity contribution in [3.05, 3.63) is 66.1 Å². The number of benzene rings is 1. The number of fused-ring (bicyclic) bond motifs is 1. The minimum absolute atomic E-state index is 0.0698. The van der Waals surface area contributed by atoms with E-state index in [0.717, 1.165) is 23.4 Å². The van der Waals surface area contributed by atoms with Crippen LogP contribution in [0.2, 0.25) is 0 Å². The average molecular weight is 323 g/mol. The van der Waals surface area contributed by atoms with Gasteiger partial charge in [0.05, 0.1) is 5.69 Å². The normalized spacial score (nSPS) is 14.7. The number of carboxylic acid groups (broad SMARTS) is 1. The number of allylic oxidation sites excluding steroid dienone is 2. The molecule has 1 aromatic carbocycles. The lowest BCUT2D eigenvalue weighted by Crippen LogP contribution is -2.35. The van der Waals surface area contributed by atoms with Gasteiger partial charge in [0.1, 0.15) is 18.8 Å². The maximum Gasteiger partial charge on any atom is 0.323 e. The molecule has 0 amide bonds. The summed E-state index contributed by atoms with van der Waals surface area (Å²) in [7, 11) is 0. The van der Waals surface area contributed by atoms with E-state index in [0.29, 0.717) is 5.69 Å². The van der Waals surface area contributed by atoms with Gasteiger partial charge in [0, 0.05) is 30.0 Å². The van der Waals surface area contributed by atoms with Gasteiger partial charge in [-0.3, -0.25) is 4.79 Å². The van der Waals surface area contributed by atoms with Gasteiger partial charge in [0.15, 0.2) is 6.20 Å². The van der Waals surface area contributed by atoms with Gasteiger partial charge in [0.25, 0.3) is 0 Å². The van der Waals surface area contributed by atoms with Gasteiger partial charge in [-0.1, -0.05) is 12.1 Å². The van der Waals surface area contributed by atoms with E-state index in [1.165, 1.54) is 0 Å². The van der Waals surface area contributed by atoms with Crippen molar-refractivity contribution in [3.8, 4) is 5.75 Å². The van der Waals surface area contributed by atoms with E-state index in [1.807, 2.05) is 42.6 Å². The van der Waals surface area contributed by atoms with Gasteiger partial charge in [-0.25, -0.2) is 0 Å². The number of phenols is 1. The lowest BCUT2D eigenvalue weighted by atomic mass is 9.98. The number of hydrogen-bond acceptors (Lipinski definition) is 3. The topological polar surface area (TPSA) is 64.7 Å². The molecule has 0 aliphatic carbocycles. The predicted molar refractivity (Wildman–Crippen MR) is 92.4 cm³/mol. The number of pyridine rings is 1. The van der Waals surface area contributed by atoms with Crippen LogP contribution < -0.4 is 9.47 Å². The second-order valence-electron chi connectivity index (χ2n) is 5.52. The van der Waals surface area contributed by atoms with Crippen molar-refractivity contribution in [2.75, 3.05) is 11.4 Å². The van der Waals surface area contributed by atoms with Crippen LogP contribution in [0.25, 0.3) is 11.6 Å². The molecule has 5 heteroatoms. The fraction of sp³-hybridized carbons (Fsp3) is 0.158. The number of aromatic nitrogens is 1. The van der Waals surface area contributed by atoms with Crippen LogP contribution in [-0.2, 0) is 11.3 Å². The molecule has 2 N–H and O–H groups in total. The lowest BCUT2D eigenvalue weighted by Gasteiger charge is -2.26. The molecule has 5 nitrogen and oxygen atoms in total. The van der Waals surface area contributed by atoms with Crippen LogP contribution in [0.15, 0.2) is 54.9 Å². The van der Waals surface area contributed by atoms with Crippen molar-refractivity contribution in [1.82, 2.24) is 0 Å². The monoisotopic (exact) mass is 323 g/mol. The largest absolute Gasteiger partial charge is 0.506 e. The van der Waals surface area contributed by atoms with Crippen molar-refractivity contribution < 1.29 is 19.6 Å². The molecule has 2 heterocycles. The van der Waals surface area contributed by atoms with E-state index in [2.05, 4.69) is 11.5 Å². The Morgan fingerprint density at radius 1 is 1.25 bits per heavy atom. The Morgan fingerprint density at radius 3 is 2.83 bits per heavy atom. The summed E-state index contributed by atoms with van der Waals surface area (Å²) >= 11 is 0. The van der Waals surface area contributed by atoms with E-state index >= 15 is 0 Å². The van der Waals surface area contributed by atoms with E-state index < -0.39 is 5.97 Å². The molecule has 0 atom stereocenters. The van der Waals surface area contributed by atoms with E-state index in [-0.39, 0.29) is 12.3 Å². The van der Waals surface area contributed by atoms with Gasteiger partial charge >= 0.3 is 5.97 Å². The molecule has 0 spiro atoms. The molecular formula is C19H19N2O3+. The first-order valence-electron chi connectivity index (χ1n) is 7.79. The highest BCUT2D eigenvalue weighted by atomic mass is 16.4. The third-order valence-corrected chi connectivity index (χ3v) is 3.97. The molecule has 0 saturated carbocycles. The number of anilines is 1. The minimum Gasteiger partial charge on any atom is -0.506 e. The summed E-state index contributed by atoms with van der Waals surface area (Å²) in [5.41, 5.74) is 3.30. The first kappa shape index (κ1) is 15.8. The number of hydrogen-bond donors (Lipinski definition) is 2. The van der Waals surface area contributed by atoms with Crippen LogP contribution in [0, 0.1) is 0 Å². The number of nitrogens with zero attached hydrogens (tertiary/aromatic N) is 2. The Bertz CT molecular complexity index is 840. The molecular weight excluding hydrogens is 304 g/mol. The Labute approximate surface area is 140 Å². The SMILES string of the molecule is CC[n+]1ccccc1C=C1C=CN(CC(=O)O)c2c(O)cccc21. The molecule has 1 aliphatic heterocycles. The first-order chi connectivity index (χ1) is 11.6. The fourth-order valence-electron chi connectivity index (χ4n) is 2.87. The first-order valence-corrected chi connectivity index (χ1v) is 7.79. The Hall–Kier alpha value is -3.08. The van der Waals surface area contributed by atoms with Gasteiger partial charge in [-0.05, 0) is 30.7 Å². The van der Waals surface area contributed by atoms with Crippen LogP contribution in [0.5, 0.6) is 5.75 Å². The third kappa shape index (κ3) is 3.01. The standard InChI is InChI=1S/C19H18N2O3/c1-2-20-10-4-3-6-15(20)12-14-9-11-21(13-18(23)24)19-16(14)7-5-8-17(19)22/h3-12H,2,13H2,1H3,(H-,22,23,24)/p+1. The summed E-state index contributed by atoms with van der Waals surface area (Å²) in [6, 6.07) is 11.2. The third-order valence-electron chi connectivity index (χ3n) is 3.97. The molecule has 122 valence electrons. The van der Waals surface area contributed by atoms with Crippen molar-refractivity contribution >= 4 is 23.3 Å². The highest BCUT2D eigenvalue weighted by molar-refractivity contribution is 5.96. The van der Waals surface area contributed by atoms with E-state index in [9.17, 15) is 9.90 Å². The zero-order valence-electron chi connectivity index (χ0n) is 13.4. The maximum absolute atomic E-state index is 11.1. The number of aliphatic carboxylic acids is 1.